The maximum absolute atomic E-state index is 14.6. The number of likely N-dealkylation sites (N-methyl/N-ethyl adjacent to an activating group) is 2. The monoisotopic (exact) mass is 1060 g/mol. The molecule has 3 saturated heterocycles. The molecule has 5 N–H and O–H groups in total. The first-order chi connectivity index (χ1) is 35.1. The predicted molar refractivity (Wildman–Crippen MR) is 281 cm³/mol. The van der Waals surface area contributed by atoms with E-state index in [2.05, 4.69) is 0 Å². The summed E-state index contributed by atoms with van der Waals surface area (Å²) in [6.07, 6.45) is -1.37. The van der Waals surface area contributed by atoms with Gasteiger partial charge in [0.25, 0.3) is 0 Å². The highest BCUT2D eigenvalue weighted by molar-refractivity contribution is 5.94. The van der Waals surface area contributed by atoms with Crippen molar-refractivity contribution in [2.75, 3.05) is 54.6 Å². The summed E-state index contributed by atoms with van der Waals surface area (Å²) in [5.74, 6) is -3.98. The van der Waals surface area contributed by atoms with Gasteiger partial charge in [-0.2, -0.15) is 0 Å². The fourth-order valence-electron chi connectivity index (χ4n) is 12.3. The van der Waals surface area contributed by atoms with Gasteiger partial charge in [0.15, 0.2) is 12.6 Å². The average Bonchev–Trinajstić information content (AvgIpc) is 3.34. The average molecular weight is 1060 g/mol. The Morgan fingerprint density at radius 1 is 0.973 bits per heavy atom. The Morgan fingerprint density at radius 3 is 2.33 bits per heavy atom. The number of pyridine rings is 1. The Bertz CT molecular complexity index is 2340. The molecule has 19 nitrogen and oxygen atoms in total. The van der Waals surface area contributed by atoms with Gasteiger partial charge in [-0.1, -0.05) is 32.9 Å². The number of hydrogen-bond donors (Lipinski definition) is 5. The zero-order chi connectivity index (χ0) is 55.5. The molecule has 6 rings (SSSR count). The molecule has 0 radical (unpaired) electrons. The van der Waals surface area contributed by atoms with Crippen LogP contribution in [0.2, 0.25) is 0 Å². The number of aliphatic hydroxyl groups is 4. The fourth-order valence-corrected chi connectivity index (χ4v) is 12.3. The van der Waals surface area contributed by atoms with Gasteiger partial charge in [0.1, 0.15) is 35.6 Å². The number of carboxylic acids is 1. The Labute approximate surface area is 443 Å². The number of cyclic esters (lactones) is 1. The number of methoxy groups -OCH3 is 1. The van der Waals surface area contributed by atoms with Crippen molar-refractivity contribution in [1.82, 2.24) is 14.4 Å². The third-order valence-electron chi connectivity index (χ3n) is 16.6. The molecule has 1 unspecified atom stereocenters. The quantitative estimate of drug-likeness (QED) is 0.121. The van der Waals surface area contributed by atoms with Crippen LogP contribution in [0.5, 0.6) is 0 Å². The number of aromatic carboxylic acids is 1. The van der Waals surface area contributed by atoms with Crippen molar-refractivity contribution >= 4 is 28.9 Å². The minimum atomic E-state index is -1.84. The molecule has 18 atom stereocenters. The van der Waals surface area contributed by atoms with Crippen molar-refractivity contribution in [2.45, 2.75) is 205 Å². The van der Waals surface area contributed by atoms with E-state index in [0.29, 0.717) is 24.9 Å². The second-order valence-electron chi connectivity index (χ2n) is 23.0. The van der Waals surface area contributed by atoms with Gasteiger partial charge < -0.3 is 77.8 Å². The molecule has 1 aromatic carbocycles. The lowest BCUT2D eigenvalue weighted by molar-refractivity contribution is -0.321. The van der Waals surface area contributed by atoms with Crippen molar-refractivity contribution in [1.29, 1.82) is 0 Å². The van der Waals surface area contributed by atoms with Crippen molar-refractivity contribution in [3.05, 3.63) is 51.3 Å². The molecule has 19 heteroatoms. The van der Waals surface area contributed by atoms with E-state index in [-0.39, 0.29) is 62.7 Å². The van der Waals surface area contributed by atoms with Gasteiger partial charge in [-0.25, -0.2) is 4.79 Å². The molecule has 0 spiro atoms. The summed E-state index contributed by atoms with van der Waals surface area (Å²) in [4.78, 5) is 43.4. The highest BCUT2D eigenvalue weighted by Crippen LogP contribution is 2.41. The van der Waals surface area contributed by atoms with Gasteiger partial charge in [0.2, 0.25) is 5.43 Å². The molecular formula is C56H89N3O16. The highest BCUT2D eigenvalue weighted by atomic mass is 16.7. The van der Waals surface area contributed by atoms with Gasteiger partial charge >= 0.3 is 11.9 Å². The van der Waals surface area contributed by atoms with Gasteiger partial charge in [-0.3, -0.25) is 9.59 Å². The number of nitrogens with zero attached hydrogens (tertiary/aromatic N) is 3. The number of carboxylic acid groups (broad SMARTS) is 1. The molecule has 3 fully saturated rings. The highest BCUT2D eigenvalue weighted by Gasteiger charge is 2.53. The minimum Gasteiger partial charge on any atom is -0.477 e. The predicted octanol–water partition coefficient (Wildman–Crippen LogP) is 4.61. The molecule has 424 valence electrons. The molecule has 75 heavy (non-hydrogen) atoms. The summed E-state index contributed by atoms with van der Waals surface area (Å²) in [6, 6.07) is 2.88. The number of carbonyl (C=O) groups excluding carboxylic acids is 1. The summed E-state index contributed by atoms with van der Waals surface area (Å²) < 4.78 is 53.2. The number of benzene rings is 1. The molecule has 0 aliphatic carbocycles. The Balaban J connectivity index is 1.21. The second-order valence-corrected chi connectivity index (χ2v) is 23.0. The van der Waals surface area contributed by atoms with E-state index >= 15 is 0 Å². The summed E-state index contributed by atoms with van der Waals surface area (Å²) in [5, 5.41) is 58.2. The van der Waals surface area contributed by atoms with Crippen molar-refractivity contribution in [2.24, 2.45) is 17.8 Å². The molecule has 1 aromatic heterocycles. The normalized spacial score (nSPS) is 38.9. The number of aromatic nitrogens is 1. The SMILES string of the molecule is CC[C@H]1OC(=O)[C@H](C)[C@@H](OC2C[C@@](C)(OC)[C@@H](OCCOC/C=C/c3cc4c5c(c3)c(=O)c(C(=O)O)cn5CCC4)[C@H](C)O2)[C@H](C)[C@@H](O[C@@H]2O[C@H](C)C[C@H](N(C)C)[C@H]2O)[C@](C)(O)C[C@@H](C)CN(C)[C@H](C)[C@H](O)[C@]1(C)O. The van der Waals surface area contributed by atoms with E-state index in [1.54, 1.807) is 40.9 Å². The molecule has 5 heterocycles. The van der Waals surface area contributed by atoms with Crippen LogP contribution in [0, 0.1) is 17.8 Å². The molecular weight excluding hydrogens is 971 g/mol. The van der Waals surface area contributed by atoms with E-state index in [4.69, 9.17) is 37.9 Å². The maximum atomic E-state index is 14.6. The second kappa shape index (κ2) is 25.1. The van der Waals surface area contributed by atoms with Gasteiger partial charge in [0, 0.05) is 56.2 Å². The standard InChI is InChI=1S/C56H89N3O16/c1-15-42-56(10,67)48(62)35(6)58(13)29-31(2)27-54(8,66)49(75-53-46(61)41(57(11)12)24-32(3)71-53)33(4)47(34(5)52(65)73-42)74-43-28-55(9,68-14)50(36(7)72-43)70-23-22-69-21-17-18-37-25-38-19-16-20-59-30-40(51(63)64)45(60)39(26-37)44(38)59/h17-18,25-26,30-36,41-43,46-50,53,61-62,66-67H,15-16,19-24,27-29H2,1-14H3,(H,63,64)/b18-17+/t31-,32-,33+,34-,35-,36+,41+,42-,43?,46-,47+,48+,49-,50+,53+,54-,55-,56-/m1/s1. The third kappa shape index (κ3) is 13.7. The van der Waals surface area contributed by atoms with E-state index in [0.717, 1.165) is 29.5 Å². The lowest BCUT2D eigenvalue weighted by Crippen LogP contribution is -2.61. The fraction of sp³-hybridized carbons (Fsp3) is 0.768. The minimum absolute atomic E-state index is 0.161. The zero-order valence-corrected chi connectivity index (χ0v) is 46.9. The molecule has 4 aliphatic heterocycles. The van der Waals surface area contributed by atoms with Crippen LogP contribution in [0.15, 0.2) is 29.2 Å². The van der Waals surface area contributed by atoms with E-state index < -0.39 is 107 Å². The molecule has 0 saturated carbocycles. The van der Waals surface area contributed by atoms with Crippen LogP contribution < -0.4 is 5.43 Å². The topological polar surface area (TPSA) is 238 Å². The van der Waals surface area contributed by atoms with Crippen LogP contribution >= 0.6 is 0 Å². The van der Waals surface area contributed by atoms with Crippen LogP contribution in [0.25, 0.3) is 17.0 Å². The van der Waals surface area contributed by atoms with Crippen LogP contribution in [0.1, 0.15) is 123 Å². The van der Waals surface area contributed by atoms with Gasteiger partial charge in [-0.15, -0.1) is 0 Å². The zero-order valence-electron chi connectivity index (χ0n) is 46.9. The number of aryl methyl sites for hydroxylation is 2. The van der Waals surface area contributed by atoms with E-state index in [1.807, 2.05) is 88.3 Å². The first-order valence-corrected chi connectivity index (χ1v) is 27.0. The van der Waals surface area contributed by atoms with Crippen LogP contribution in [0.3, 0.4) is 0 Å². The molecule has 0 amide bonds. The first-order valence-electron chi connectivity index (χ1n) is 27.0. The van der Waals surface area contributed by atoms with Crippen molar-refractivity contribution in [3.63, 3.8) is 0 Å². The number of ether oxygens (including phenoxy) is 8. The number of aliphatic hydroxyl groups excluding tert-OH is 2. The van der Waals surface area contributed by atoms with Crippen LogP contribution in [-0.2, 0) is 55.7 Å². The lowest BCUT2D eigenvalue weighted by atomic mass is 9.77. The molecule has 2 aromatic rings. The number of esters is 1. The van der Waals surface area contributed by atoms with E-state index in [1.165, 1.54) is 13.1 Å². The first kappa shape index (κ1) is 60.8. The Hall–Kier alpha value is -3.41. The number of hydrogen-bond acceptors (Lipinski definition) is 17. The summed E-state index contributed by atoms with van der Waals surface area (Å²) in [5.41, 5.74) is -2.60. The van der Waals surface area contributed by atoms with E-state index in [9.17, 15) is 39.9 Å². The van der Waals surface area contributed by atoms with Crippen LogP contribution in [0.4, 0.5) is 0 Å². The van der Waals surface area contributed by atoms with Crippen molar-refractivity contribution < 1.29 is 73.0 Å². The van der Waals surface area contributed by atoms with Crippen molar-refractivity contribution in [3.8, 4) is 0 Å². The third-order valence-corrected chi connectivity index (χ3v) is 16.6. The summed E-state index contributed by atoms with van der Waals surface area (Å²) in [7, 11) is 7.19. The maximum Gasteiger partial charge on any atom is 0.341 e. The van der Waals surface area contributed by atoms with Gasteiger partial charge in [-0.05, 0) is 131 Å². The largest absolute Gasteiger partial charge is 0.477 e. The summed E-state index contributed by atoms with van der Waals surface area (Å²) in [6.45, 7) is 19.6. The smallest absolute Gasteiger partial charge is 0.341 e. The Morgan fingerprint density at radius 2 is 1.68 bits per heavy atom. The number of carbonyl (C=O) groups is 2. The Kier molecular flexibility index (Phi) is 20.4. The molecule has 4 aliphatic rings. The summed E-state index contributed by atoms with van der Waals surface area (Å²) >= 11 is 0. The number of rotatable bonds is 15. The van der Waals surface area contributed by atoms with Crippen LogP contribution in [-0.4, -0.2) is 197 Å². The molecule has 0 bridgehead atoms. The van der Waals surface area contributed by atoms with Gasteiger partial charge in [0.05, 0.1) is 66.9 Å². The lowest BCUT2D eigenvalue weighted by Gasteiger charge is -2.49.